The van der Waals surface area contributed by atoms with Gasteiger partial charge in [-0.25, -0.2) is 5.43 Å². The van der Waals surface area contributed by atoms with E-state index in [2.05, 4.69) is 10.9 Å². The molecule has 19 heavy (non-hydrogen) atoms. The SMILES string of the molecule is COc1cc(C)c(CNNc2ccccc2)c(O)c1. The van der Waals surface area contributed by atoms with Crippen LogP contribution in [0.5, 0.6) is 11.5 Å². The lowest BCUT2D eigenvalue weighted by Gasteiger charge is -2.13. The van der Waals surface area contributed by atoms with Gasteiger partial charge in [0.25, 0.3) is 0 Å². The molecule has 0 aromatic heterocycles. The lowest BCUT2D eigenvalue weighted by Crippen LogP contribution is -2.21. The summed E-state index contributed by atoms with van der Waals surface area (Å²) in [5.41, 5.74) is 8.99. The molecule has 100 valence electrons. The number of rotatable bonds is 5. The number of hydrogen-bond donors (Lipinski definition) is 3. The van der Waals surface area contributed by atoms with Crippen LogP contribution in [0.1, 0.15) is 11.1 Å². The van der Waals surface area contributed by atoms with Crippen LogP contribution in [0.4, 0.5) is 5.69 Å². The molecule has 0 unspecified atom stereocenters. The van der Waals surface area contributed by atoms with E-state index in [1.165, 1.54) is 0 Å². The van der Waals surface area contributed by atoms with E-state index in [4.69, 9.17) is 4.74 Å². The van der Waals surface area contributed by atoms with Gasteiger partial charge in [-0.05, 0) is 30.7 Å². The highest BCUT2D eigenvalue weighted by molar-refractivity contribution is 5.46. The van der Waals surface area contributed by atoms with E-state index in [0.717, 1.165) is 16.8 Å². The fourth-order valence-electron chi connectivity index (χ4n) is 1.87. The first-order valence-electron chi connectivity index (χ1n) is 6.11. The molecule has 0 saturated heterocycles. The Bertz CT molecular complexity index is 518. The van der Waals surface area contributed by atoms with Crippen LogP contribution in [0.15, 0.2) is 42.5 Å². The highest BCUT2D eigenvalue weighted by Gasteiger charge is 2.07. The number of hydrogen-bond acceptors (Lipinski definition) is 4. The monoisotopic (exact) mass is 258 g/mol. The van der Waals surface area contributed by atoms with Crippen LogP contribution < -0.4 is 15.6 Å². The number of aryl methyl sites for hydroxylation is 1. The highest BCUT2D eigenvalue weighted by atomic mass is 16.5. The van der Waals surface area contributed by atoms with Crippen LogP contribution in [0.2, 0.25) is 0 Å². The normalized spacial score (nSPS) is 10.2. The van der Waals surface area contributed by atoms with Crippen LogP contribution in [0.25, 0.3) is 0 Å². The number of phenolic OH excluding ortho intramolecular Hbond substituents is 1. The van der Waals surface area contributed by atoms with Crippen molar-refractivity contribution in [2.75, 3.05) is 12.5 Å². The molecule has 0 radical (unpaired) electrons. The molecule has 0 bridgehead atoms. The molecule has 0 aliphatic heterocycles. The molecule has 4 heteroatoms. The number of benzene rings is 2. The van der Waals surface area contributed by atoms with E-state index in [1.807, 2.05) is 43.3 Å². The van der Waals surface area contributed by atoms with Gasteiger partial charge in [0, 0.05) is 23.9 Å². The molecule has 0 heterocycles. The molecule has 2 aromatic rings. The summed E-state index contributed by atoms with van der Waals surface area (Å²) >= 11 is 0. The summed E-state index contributed by atoms with van der Waals surface area (Å²) in [5, 5.41) is 9.95. The van der Waals surface area contributed by atoms with Crippen molar-refractivity contribution >= 4 is 5.69 Å². The quantitative estimate of drug-likeness (QED) is 0.722. The van der Waals surface area contributed by atoms with Gasteiger partial charge in [0.1, 0.15) is 11.5 Å². The predicted octanol–water partition coefficient (Wildman–Crippen LogP) is 2.83. The third-order valence-corrected chi connectivity index (χ3v) is 2.93. The first-order chi connectivity index (χ1) is 9.20. The molecule has 0 atom stereocenters. The summed E-state index contributed by atoms with van der Waals surface area (Å²) in [4.78, 5) is 0. The zero-order chi connectivity index (χ0) is 13.7. The van der Waals surface area contributed by atoms with Crippen molar-refractivity contribution in [1.29, 1.82) is 0 Å². The van der Waals surface area contributed by atoms with E-state index in [9.17, 15) is 5.11 Å². The van der Waals surface area contributed by atoms with Crippen LogP contribution in [-0.4, -0.2) is 12.2 Å². The Labute approximate surface area is 113 Å². The molecule has 0 saturated carbocycles. The summed E-state index contributed by atoms with van der Waals surface area (Å²) in [6.07, 6.45) is 0. The minimum Gasteiger partial charge on any atom is -0.507 e. The van der Waals surface area contributed by atoms with Crippen molar-refractivity contribution < 1.29 is 9.84 Å². The van der Waals surface area contributed by atoms with Crippen molar-refractivity contribution in [2.24, 2.45) is 0 Å². The maximum atomic E-state index is 9.95. The molecule has 0 spiro atoms. The third kappa shape index (κ3) is 3.39. The van der Waals surface area contributed by atoms with Crippen LogP contribution in [-0.2, 0) is 6.54 Å². The smallest absolute Gasteiger partial charge is 0.124 e. The van der Waals surface area contributed by atoms with Gasteiger partial charge in [0.2, 0.25) is 0 Å². The van der Waals surface area contributed by atoms with Gasteiger partial charge in [-0.3, -0.25) is 0 Å². The standard InChI is InChI=1S/C15H18N2O2/c1-11-8-13(19-2)9-15(18)14(11)10-16-17-12-6-4-3-5-7-12/h3-9,16-18H,10H2,1-2H3. The summed E-state index contributed by atoms with van der Waals surface area (Å²) in [6, 6.07) is 13.3. The Morgan fingerprint density at radius 1 is 1.16 bits per heavy atom. The predicted molar refractivity (Wildman–Crippen MR) is 76.3 cm³/mol. The van der Waals surface area contributed by atoms with E-state index in [-0.39, 0.29) is 5.75 Å². The van der Waals surface area contributed by atoms with Gasteiger partial charge in [0.05, 0.1) is 7.11 Å². The van der Waals surface area contributed by atoms with Crippen LogP contribution in [0, 0.1) is 6.92 Å². The summed E-state index contributed by atoms with van der Waals surface area (Å²) in [5.74, 6) is 0.897. The van der Waals surface area contributed by atoms with Crippen molar-refractivity contribution in [3.8, 4) is 11.5 Å². The number of nitrogens with one attached hydrogen (secondary N) is 2. The summed E-state index contributed by atoms with van der Waals surface area (Å²) < 4.78 is 5.11. The number of para-hydroxylation sites is 1. The van der Waals surface area contributed by atoms with Gasteiger partial charge in [-0.2, -0.15) is 0 Å². The van der Waals surface area contributed by atoms with Gasteiger partial charge in [0.15, 0.2) is 0 Å². The second-order valence-corrected chi connectivity index (χ2v) is 4.29. The van der Waals surface area contributed by atoms with Gasteiger partial charge in [-0.15, -0.1) is 0 Å². The number of aromatic hydroxyl groups is 1. The molecule has 3 N–H and O–H groups in total. The molecule has 2 rings (SSSR count). The fourth-order valence-corrected chi connectivity index (χ4v) is 1.87. The first-order valence-corrected chi connectivity index (χ1v) is 6.11. The molecule has 0 aliphatic rings. The maximum absolute atomic E-state index is 9.95. The molecule has 2 aromatic carbocycles. The van der Waals surface area contributed by atoms with E-state index in [1.54, 1.807) is 13.2 Å². The van der Waals surface area contributed by atoms with Crippen LogP contribution in [0.3, 0.4) is 0 Å². The topological polar surface area (TPSA) is 53.5 Å². The molecule has 0 fully saturated rings. The zero-order valence-electron chi connectivity index (χ0n) is 11.1. The Balaban J connectivity index is 2.00. The minimum atomic E-state index is 0.235. The van der Waals surface area contributed by atoms with E-state index >= 15 is 0 Å². The molecular formula is C15H18N2O2. The van der Waals surface area contributed by atoms with Gasteiger partial charge in [-0.1, -0.05) is 18.2 Å². The number of anilines is 1. The Kier molecular flexibility index (Phi) is 4.26. The van der Waals surface area contributed by atoms with E-state index in [0.29, 0.717) is 12.3 Å². The number of ether oxygens (including phenoxy) is 1. The van der Waals surface area contributed by atoms with Crippen molar-refractivity contribution in [3.05, 3.63) is 53.6 Å². The molecule has 0 aliphatic carbocycles. The number of phenols is 1. The summed E-state index contributed by atoms with van der Waals surface area (Å²) in [6.45, 7) is 2.47. The third-order valence-electron chi connectivity index (χ3n) is 2.93. The van der Waals surface area contributed by atoms with Gasteiger partial charge >= 0.3 is 0 Å². The van der Waals surface area contributed by atoms with Crippen molar-refractivity contribution in [2.45, 2.75) is 13.5 Å². The molecule has 4 nitrogen and oxygen atoms in total. The number of methoxy groups -OCH3 is 1. The van der Waals surface area contributed by atoms with E-state index < -0.39 is 0 Å². The Hall–Kier alpha value is -2.20. The lowest BCUT2D eigenvalue weighted by atomic mass is 10.1. The second-order valence-electron chi connectivity index (χ2n) is 4.29. The first kappa shape index (κ1) is 13.2. The lowest BCUT2D eigenvalue weighted by molar-refractivity contribution is 0.405. The fraction of sp³-hybridized carbons (Fsp3) is 0.200. The largest absolute Gasteiger partial charge is 0.507 e. The summed E-state index contributed by atoms with van der Waals surface area (Å²) in [7, 11) is 1.59. The van der Waals surface area contributed by atoms with Crippen LogP contribution >= 0.6 is 0 Å². The number of hydrazine groups is 1. The maximum Gasteiger partial charge on any atom is 0.124 e. The average molecular weight is 258 g/mol. The van der Waals surface area contributed by atoms with Crippen molar-refractivity contribution in [3.63, 3.8) is 0 Å². The zero-order valence-corrected chi connectivity index (χ0v) is 11.1. The molecule has 0 amide bonds. The van der Waals surface area contributed by atoms with Crippen molar-refractivity contribution in [1.82, 2.24) is 5.43 Å². The Morgan fingerprint density at radius 2 is 1.89 bits per heavy atom. The molecular weight excluding hydrogens is 240 g/mol. The van der Waals surface area contributed by atoms with Gasteiger partial charge < -0.3 is 15.3 Å². The highest BCUT2D eigenvalue weighted by Crippen LogP contribution is 2.27. The average Bonchev–Trinajstić information content (AvgIpc) is 2.42. The Morgan fingerprint density at radius 3 is 2.53 bits per heavy atom. The second kappa shape index (κ2) is 6.11. The minimum absolute atomic E-state index is 0.235.